The number of hydrogen-bond acceptors (Lipinski definition) is 3. The van der Waals surface area contributed by atoms with Gasteiger partial charge >= 0.3 is 0 Å². The van der Waals surface area contributed by atoms with Gasteiger partial charge in [-0.1, -0.05) is 19.6 Å². The summed E-state index contributed by atoms with van der Waals surface area (Å²) in [7, 11) is 1.68. The first kappa shape index (κ1) is 20.0. The summed E-state index contributed by atoms with van der Waals surface area (Å²) in [5, 5.41) is 0. The first-order valence-electron chi connectivity index (χ1n) is 10.2. The van der Waals surface area contributed by atoms with Gasteiger partial charge in [0.15, 0.2) is 5.78 Å². The molecule has 5 heteroatoms. The predicted octanol–water partition coefficient (Wildman–Crippen LogP) is 4.23. The first-order chi connectivity index (χ1) is 13.0. The molecule has 3 nitrogen and oxygen atoms in total. The molecular weight excluding hydrogens is 360 g/mol. The summed E-state index contributed by atoms with van der Waals surface area (Å²) in [5.74, 6) is -0.878. The van der Waals surface area contributed by atoms with Gasteiger partial charge in [-0.25, -0.2) is 8.78 Å². The van der Waals surface area contributed by atoms with Crippen LogP contribution in [0.15, 0.2) is 36.0 Å². The van der Waals surface area contributed by atoms with Crippen LogP contribution in [0.4, 0.5) is 8.78 Å². The maximum atomic E-state index is 17.0. The first-order valence-corrected chi connectivity index (χ1v) is 10.2. The minimum Gasteiger partial charge on any atom is -0.373 e. The molecule has 0 saturated heterocycles. The lowest BCUT2D eigenvalue weighted by molar-refractivity contribution is -0.178. The van der Waals surface area contributed by atoms with E-state index in [2.05, 4.69) is 13.5 Å². The Morgan fingerprint density at radius 1 is 1.36 bits per heavy atom. The topological polar surface area (TPSA) is 52.3 Å². The Morgan fingerprint density at radius 3 is 2.64 bits per heavy atom. The van der Waals surface area contributed by atoms with E-state index in [-0.39, 0.29) is 23.7 Å². The van der Waals surface area contributed by atoms with Gasteiger partial charge in [-0.2, -0.15) is 0 Å². The SMILES string of the molecule is C=C(C)[C@@]1(OC)CCC2C3C[C@H](F)C4=CC(=O)C=CC4(C)[C@@]3(F)C(N)CC21C. The molecule has 4 aliphatic rings. The van der Waals surface area contributed by atoms with Crippen molar-refractivity contribution in [3.8, 4) is 0 Å². The number of carbonyl (C=O) groups is 1. The van der Waals surface area contributed by atoms with Crippen molar-refractivity contribution in [2.75, 3.05) is 7.11 Å². The Kier molecular flexibility index (Phi) is 4.17. The largest absolute Gasteiger partial charge is 0.373 e. The average Bonchev–Trinajstić information content (AvgIpc) is 2.92. The Morgan fingerprint density at radius 2 is 2.04 bits per heavy atom. The lowest BCUT2D eigenvalue weighted by atomic mass is 9.44. The van der Waals surface area contributed by atoms with Gasteiger partial charge in [0.05, 0.1) is 5.60 Å². The number of alkyl halides is 2. The van der Waals surface area contributed by atoms with Crippen molar-refractivity contribution in [2.24, 2.45) is 28.4 Å². The van der Waals surface area contributed by atoms with E-state index in [4.69, 9.17) is 10.5 Å². The van der Waals surface area contributed by atoms with Crippen LogP contribution in [0.25, 0.3) is 0 Å². The Balaban J connectivity index is 1.87. The number of nitrogens with two attached hydrogens (primary N) is 1. The lowest BCUT2D eigenvalue weighted by Gasteiger charge is -2.64. The number of rotatable bonds is 2. The quantitative estimate of drug-likeness (QED) is 0.717. The molecule has 154 valence electrons. The number of ketones is 1. The maximum absolute atomic E-state index is 17.0. The normalized spacial score (nSPS) is 52.5. The van der Waals surface area contributed by atoms with Crippen LogP contribution in [0.3, 0.4) is 0 Å². The molecule has 0 spiro atoms. The number of carbonyl (C=O) groups excluding carboxylic acids is 1. The molecule has 5 unspecified atom stereocenters. The Labute approximate surface area is 166 Å². The summed E-state index contributed by atoms with van der Waals surface area (Å²) < 4.78 is 38.4. The van der Waals surface area contributed by atoms with Gasteiger partial charge in [-0.05, 0) is 68.7 Å². The van der Waals surface area contributed by atoms with Crippen LogP contribution in [0.5, 0.6) is 0 Å². The molecule has 0 bridgehead atoms. The van der Waals surface area contributed by atoms with Crippen LogP contribution in [-0.4, -0.2) is 36.4 Å². The third kappa shape index (κ3) is 2.02. The van der Waals surface area contributed by atoms with Crippen molar-refractivity contribution >= 4 is 5.78 Å². The monoisotopic (exact) mass is 391 g/mol. The van der Waals surface area contributed by atoms with E-state index < -0.39 is 40.2 Å². The molecule has 0 aliphatic heterocycles. The lowest BCUT2D eigenvalue weighted by Crippen LogP contribution is -2.71. The second-order valence-corrected chi connectivity index (χ2v) is 9.80. The highest BCUT2D eigenvalue weighted by molar-refractivity contribution is 6.01. The van der Waals surface area contributed by atoms with Crippen LogP contribution in [-0.2, 0) is 9.53 Å². The molecule has 2 N–H and O–H groups in total. The summed E-state index contributed by atoms with van der Waals surface area (Å²) in [5.41, 5.74) is 3.76. The average molecular weight is 392 g/mol. The van der Waals surface area contributed by atoms with Crippen molar-refractivity contribution in [3.05, 3.63) is 36.0 Å². The highest BCUT2D eigenvalue weighted by Crippen LogP contribution is 2.70. The third-order valence-electron chi connectivity index (χ3n) is 8.87. The van der Waals surface area contributed by atoms with E-state index in [1.165, 1.54) is 12.2 Å². The van der Waals surface area contributed by atoms with Gasteiger partial charge in [0.25, 0.3) is 0 Å². The van der Waals surface area contributed by atoms with Gasteiger partial charge < -0.3 is 10.5 Å². The zero-order valence-corrected chi connectivity index (χ0v) is 17.2. The zero-order chi connectivity index (χ0) is 20.7. The van der Waals surface area contributed by atoms with Crippen molar-refractivity contribution < 1.29 is 18.3 Å². The summed E-state index contributed by atoms with van der Waals surface area (Å²) in [6, 6.07) is -0.788. The molecule has 8 atom stereocenters. The number of halogens is 2. The molecule has 0 amide bonds. The fraction of sp³-hybridized carbons (Fsp3) is 0.696. The van der Waals surface area contributed by atoms with Gasteiger partial charge in [-0.3, -0.25) is 4.79 Å². The predicted molar refractivity (Wildman–Crippen MR) is 105 cm³/mol. The smallest absolute Gasteiger partial charge is 0.178 e. The number of methoxy groups -OCH3 is 1. The summed E-state index contributed by atoms with van der Waals surface area (Å²) >= 11 is 0. The molecule has 0 heterocycles. The van der Waals surface area contributed by atoms with Crippen LogP contribution in [0.2, 0.25) is 0 Å². The van der Waals surface area contributed by atoms with Crippen LogP contribution in [0.1, 0.15) is 46.5 Å². The molecule has 3 saturated carbocycles. The van der Waals surface area contributed by atoms with E-state index in [1.54, 1.807) is 20.1 Å². The third-order valence-corrected chi connectivity index (χ3v) is 8.87. The highest BCUT2D eigenvalue weighted by atomic mass is 19.1. The van der Waals surface area contributed by atoms with Crippen molar-refractivity contribution in [3.63, 3.8) is 0 Å². The fourth-order valence-electron chi connectivity index (χ4n) is 7.52. The summed E-state index contributed by atoms with van der Waals surface area (Å²) in [6.07, 6.45) is 4.85. The number of hydrogen-bond donors (Lipinski definition) is 1. The molecule has 28 heavy (non-hydrogen) atoms. The van der Waals surface area contributed by atoms with Gasteiger partial charge in [-0.15, -0.1) is 0 Å². The summed E-state index contributed by atoms with van der Waals surface area (Å²) in [4.78, 5) is 11.9. The van der Waals surface area contributed by atoms with E-state index in [0.717, 1.165) is 18.4 Å². The van der Waals surface area contributed by atoms with E-state index in [0.29, 0.717) is 6.42 Å². The highest BCUT2D eigenvalue weighted by Gasteiger charge is 2.74. The molecule has 0 aromatic heterocycles. The van der Waals surface area contributed by atoms with Crippen molar-refractivity contribution in [2.45, 2.75) is 69.9 Å². The molecule has 3 fully saturated rings. The Hall–Kier alpha value is -1.33. The minimum atomic E-state index is -1.80. The van der Waals surface area contributed by atoms with Crippen molar-refractivity contribution in [1.29, 1.82) is 0 Å². The number of ether oxygens (including phenoxy) is 1. The van der Waals surface area contributed by atoms with E-state index in [9.17, 15) is 4.79 Å². The standard InChI is InChI=1S/C23H31F2NO2/c1-13(2)22(28-5)9-7-15-16-11-18(24)17-10-14(27)6-8-20(17,3)23(16,25)19(26)12-21(15,22)4/h6,8,10,15-16,18-19H,1,7,9,11-12,26H2,2-5H3/t15?,16?,18-,19?,20?,21?,22-,23-/m0/s1. The van der Waals surface area contributed by atoms with Crippen LogP contribution >= 0.6 is 0 Å². The molecule has 4 aliphatic carbocycles. The van der Waals surface area contributed by atoms with Gasteiger partial charge in [0, 0.05) is 29.9 Å². The fourth-order valence-corrected chi connectivity index (χ4v) is 7.52. The van der Waals surface area contributed by atoms with Crippen LogP contribution < -0.4 is 5.73 Å². The minimum absolute atomic E-state index is 0.0585. The van der Waals surface area contributed by atoms with E-state index in [1.807, 2.05) is 6.92 Å². The van der Waals surface area contributed by atoms with Gasteiger partial charge in [0.1, 0.15) is 11.8 Å². The Bertz CT molecular complexity index is 806. The molecular formula is C23H31F2NO2. The van der Waals surface area contributed by atoms with Crippen molar-refractivity contribution in [1.82, 2.24) is 0 Å². The van der Waals surface area contributed by atoms with E-state index >= 15 is 8.78 Å². The number of allylic oxidation sites excluding steroid dienone is 4. The molecule has 0 radical (unpaired) electrons. The van der Waals surface area contributed by atoms with Gasteiger partial charge in [0.2, 0.25) is 0 Å². The molecule has 0 aromatic rings. The number of fused-ring (bicyclic) bond motifs is 5. The van der Waals surface area contributed by atoms with Crippen LogP contribution in [0, 0.1) is 22.7 Å². The molecule has 0 aromatic carbocycles. The molecule has 4 rings (SSSR count). The zero-order valence-electron chi connectivity index (χ0n) is 17.2. The summed E-state index contributed by atoms with van der Waals surface area (Å²) in [6.45, 7) is 9.95. The second-order valence-electron chi connectivity index (χ2n) is 9.80. The maximum Gasteiger partial charge on any atom is 0.178 e. The second kappa shape index (κ2) is 5.85.